The van der Waals surface area contributed by atoms with Crippen LogP contribution in [-0.2, 0) is 17.5 Å². The van der Waals surface area contributed by atoms with Crippen LogP contribution in [0.1, 0.15) is 27.0 Å². The number of hydrogen-bond donors (Lipinski definition) is 3. The Morgan fingerprint density at radius 2 is 1.71 bits per heavy atom. The summed E-state index contributed by atoms with van der Waals surface area (Å²) < 4.78 is 44.0. The van der Waals surface area contributed by atoms with Gasteiger partial charge in [0.25, 0.3) is 0 Å². The minimum Gasteiger partial charge on any atom is -0.506 e. The summed E-state index contributed by atoms with van der Waals surface area (Å²) in [4.78, 5) is 25.4. The van der Waals surface area contributed by atoms with Crippen molar-refractivity contribution in [2.45, 2.75) is 12.8 Å². The molecule has 4 N–H and O–H groups in total. The summed E-state index contributed by atoms with van der Waals surface area (Å²) in [5.41, 5.74) is 0.118. The van der Waals surface area contributed by atoms with Crippen LogP contribution >= 0.6 is 11.6 Å². The number of carbonyl (C=O) groups excluding carboxylic acids is 2. The number of phenolic OH excluding ortho intramolecular Hbond substituents is 1. The number of Topliss-reactive ketones (excluding diaryl/α,β-unsaturated/α-hetero) is 1. The zero-order chi connectivity index (χ0) is 27.4. The molecule has 0 aliphatic rings. The molecular weight excluding hydrogens is 523 g/mol. The summed E-state index contributed by atoms with van der Waals surface area (Å²) in [6.45, 7) is -0.206. The van der Waals surface area contributed by atoms with Crippen molar-refractivity contribution in [1.29, 1.82) is 0 Å². The molecule has 0 bridgehead atoms. The van der Waals surface area contributed by atoms with Gasteiger partial charge < -0.3 is 15.7 Å². The Hall–Kier alpha value is -4.57. The zero-order valence-electron chi connectivity index (χ0n) is 19.4. The van der Waals surface area contributed by atoms with Crippen molar-refractivity contribution >= 4 is 45.6 Å². The van der Waals surface area contributed by atoms with Gasteiger partial charge in [0.15, 0.2) is 0 Å². The first-order valence-electron chi connectivity index (χ1n) is 11.0. The number of nitrogens with one attached hydrogen (secondary N) is 1. The van der Waals surface area contributed by atoms with Gasteiger partial charge in [-0.25, -0.2) is 4.79 Å². The van der Waals surface area contributed by atoms with Gasteiger partial charge in [0, 0.05) is 16.8 Å². The number of anilines is 1. The van der Waals surface area contributed by atoms with Gasteiger partial charge in [-0.05, 0) is 52.7 Å². The minimum atomic E-state index is -4.55. The molecule has 11 heteroatoms. The maximum atomic E-state index is 13.1. The van der Waals surface area contributed by atoms with E-state index >= 15 is 0 Å². The molecule has 0 saturated carbocycles. The maximum Gasteiger partial charge on any atom is 0.416 e. The molecule has 0 aliphatic carbocycles. The van der Waals surface area contributed by atoms with E-state index in [9.17, 15) is 27.9 Å². The Morgan fingerprint density at radius 3 is 2.39 bits per heavy atom. The lowest BCUT2D eigenvalue weighted by atomic mass is 9.93. The molecule has 0 atom stereocenters. The number of rotatable bonds is 6. The van der Waals surface area contributed by atoms with Crippen LogP contribution < -0.4 is 11.2 Å². The highest BCUT2D eigenvalue weighted by Gasteiger charge is 2.30. The van der Waals surface area contributed by atoms with Gasteiger partial charge in [-0.2, -0.15) is 18.3 Å². The summed E-state index contributed by atoms with van der Waals surface area (Å²) in [5, 5.41) is 16.8. The molecule has 0 saturated heterocycles. The van der Waals surface area contributed by atoms with Crippen molar-refractivity contribution in [3.05, 3.63) is 106 Å². The SMILES string of the molecule is NN=C(C(=O)c1ccc(O)c(Cl)c1)c1ccc(COC(=O)Nc2cccc(C(F)(F)F)c2)c2ccccc12. The molecule has 0 aromatic heterocycles. The average Bonchev–Trinajstić information content (AvgIpc) is 2.89. The molecule has 38 heavy (non-hydrogen) atoms. The van der Waals surface area contributed by atoms with Crippen LogP contribution in [0, 0.1) is 0 Å². The lowest BCUT2D eigenvalue weighted by Crippen LogP contribution is -2.19. The zero-order valence-corrected chi connectivity index (χ0v) is 20.2. The first-order valence-corrected chi connectivity index (χ1v) is 11.4. The molecule has 4 rings (SSSR count). The lowest BCUT2D eigenvalue weighted by Gasteiger charge is -2.14. The van der Waals surface area contributed by atoms with Crippen LogP contribution in [0.5, 0.6) is 5.75 Å². The molecule has 7 nitrogen and oxygen atoms in total. The quantitative estimate of drug-likeness (QED) is 0.111. The average molecular weight is 542 g/mol. The van der Waals surface area contributed by atoms with E-state index in [1.165, 1.54) is 30.3 Å². The van der Waals surface area contributed by atoms with E-state index in [2.05, 4.69) is 10.4 Å². The van der Waals surface area contributed by atoms with Crippen LogP contribution in [0.15, 0.2) is 84.0 Å². The number of nitrogens with zero attached hydrogens (tertiary/aromatic N) is 1. The Bertz CT molecular complexity index is 1570. The molecule has 4 aromatic carbocycles. The van der Waals surface area contributed by atoms with E-state index in [4.69, 9.17) is 22.2 Å². The minimum absolute atomic E-state index is 0.00649. The second kappa shape index (κ2) is 10.8. The number of carbonyl (C=O) groups is 2. The number of amides is 1. The molecule has 1 amide bonds. The highest BCUT2D eigenvalue weighted by Crippen LogP contribution is 2.31. The number of nitrogens with two attached hydrogens (primary N) is 1. The molecular formula is C27H19ClF3N3O4. The lowest BCUT2D eigenvalue weighted by molar-refractivity contribution is -0.137. The largest absolute Gasteiger partial charge is 0.506 e. The van der Waals surface area contributed by atoms with Crippen LogP contribution in [0.2, 0.25) is 5.02 Å². The van der Waals surface area contributed by atoms with Gasteiger partial charge in [0.1, 0.15) is 18.1 Å². The molecule has 0 aliphatic heterocycles. The fourth-order valence-electron chi connectivity index (χ4n) is 3.80. The van der Waals surface area contributed by atoms with Gasteiger partial charge >= 0.3 is 12.3 Å². The van der Waals surface area contributed by atoms with Gasteiger partial charge in [0.05, 0.1) is 10.6 Å². The highest BCUT2D eigenvalue weighted by atomic mass is 35.5. The maximum absolute atomic E-state index is 13.1. The summed E-state index contributed by atoms with van der Waals surface area (Å²) >= 11 is 5.94. The number of aromatic hydroxyl groups is 1. The van der Waals surface area contributed by atoms with Crippen LogP contribution in [0.25, 0.3) is 10.8 Å². The van der Waals surface area contributed by atoms with Gasteiger partial charge in [-0.3, -0.25) is 10.1 Å². The summed E-state index contributed by atoms with van der Waals surface area (Å²) in [6, 6.07) is 18.4. The molecule has 0 spiro atoms. The number of hydrazone groups is 1. The molecule has 4 aromatic rings. The van der Waals surface area contributed by atoms with E-state index in [0.717, 1.165) is 12.1 Å². The number of ether oxygens (including phenoxy) is 1. The van der Waals surface area contributed by atoms with Gasteiger partial charge in [0.2, 0.25) is 5.78 Å². The Labute approximate surface area is 219 Å². The van der Waals surface area contributed by atoms with Gasteiger partial charge in [-0.15, -0.1) is 0 Å². The van der Waals surface area contributed by atoms with E-state index in [1.807, 2.05) is 0 Å². The summed E-state index contributed by atoms with van der Waals surface area (Å²) in [7, 11) is 0. The van der Waals surface area contributed by atoms with Crippen molar-refractivity contribution < 1.29 is 32.6 Å². The predicted octanol–water partition coefficient (Wildman–Crippen LogP) is 6.51. The third kappa shape index (κ3) is 5.70. The second-order valence-electron chi connectivity index (χ2n) is 8.07. The van der Waals surface area contributed by atoms with Gasteiger partial charge in [-0.1, -0.05) is 54.1 Å². The van der Waals surface area contributed by atoms with E-state index in [-0.39, 0.29) is 34.3 Å². The third-order valence-corrected chi connectivity index (χ3v) is 5.92. The van der Waals surface area contributed by atoms with Crippen LogP contribution in [-0.4, -0.2) is 22.7 Å². The molecule has 194 valence electrons. The molecule has 0 heterocycles. The van der Waals surface area contributed by atoms with Crippen LogP contribution in [0.3, 0.4) is 0 Å². The third-order valence-electron chi connectivity index (χ3n) is 5.62. The monoisotopic (exact) mass is 541 g/mol. The number of halogens is 4. The highest BCUT2D eigenvalue weighted by molar-refractivity contribution is 6.53. The fraction of sp³-hybridized carbons (Fsp3) is 0.0741. The van der Waals surface area contributed by atoms with Crippen molar-refractivity contribution in [2.75, 3.05) is 5.32 Å². The van der Waals surface area contributed by atoms with E-state index < -0.39 is 23.6 Å². The first-order chi connectivity index (χ1) is 18.1. The van der Waals surface area contributed by atoms with Crippen molar-refractivity contribution in [2.24, 2.45) is 10.9 Å². The van der Waals surface area contributed by atoms with Crippen molar-refractivity contribution in [1.82, 2.24) is 0 Å². The Morgan fingerprint density at radius 1 is 0.974 bits per heavy atom. The Kier molecular flexibility index (Phi) is 7.54. The van der Waals surface area contributed by atoms with Crippen LogP contribution in [0.4, 0.5) is 23.7 Å². The number of alkyl halides is 3. The van der Waals surface area contributed by atoms with Crippen molar-refractivity contribution in [3.8, 4) is 5.75 Å². The smallest absolute Gasteiger partial charge is 0.416 e. The number of fused-ring (bicyclic) bond motifs is 1. The topological polar surface area (TPSA) is 114 Å². The number of ketones is 1. The molecule has 0 radical (unpaired) electrons. The molecule has 0 fully saturated rings. The number of phenols is 1. The normalized spacial score (nSPS) is 11.8. The summed E-state index contributed by atoms with van der Waals surface area (Å²) in [5.74, 6) is 4.88. The number of benzene rings is 4. The number of hydrogen-bond acceptors (Lipinski definition) is 6. The predicted molar refractivity (Wildman–Crippen MR) is 137 cm³/mol. The summed E-state index contributed by atoms with van der Waals surface area (Å²) in [6.07, 6.45) is -5.50. The van der Waals surface area contributed by atoms with E-state index in [1.54, 1.807) is 36.4 Å². The second-order valence-corrected chi connectivity index (χ2v) is 8.48. The molecule has 0 unspecified atom stereocenters. The fourth-order valence-corrected chi connectivity index (χ4v) is 3.98. The first kappa shape index (κ1) is 26.5. The standard InChI is InChI=1S/C27H19ClF3N3O4/c28-22-12-15(9-11-23(22)35)25(36)24(34-32)21-10-8-16(19-6-1-2-7-20(19)21)14-38-26(37)33-18-5-3-4-17(13-18)27(29,30)31/h1-13,35H,14,32H2,(H,33,37). The van der Waals surface area contributed by atoms with E-state index in [0.29, 0.717) is 21.9 Å². The van der Waals surface area contributed by atoms with Crippen molar-refractivity contribution in [3.63, 3.8) is 0 Å². The Balaban J connectivity index is 1.56.